The monoisotopic (exact) mass is 253 g/mol. The van der Waals surface area contributed by atoms with Gasteiger partial charge in [-0.2, -0.15) is 0 Å². The van der Waals surface area contributed by atoms with Crippen molar-refractivity contribution < 1.29 is 10.0 Å². The van der Waals surface area contributed by atoms with Gasteiger partial charge in [-0.1, -0.05) is 0 Å². The summed E-state index contributed by atoms with van der Waals surface area (Å²) in [6, 6.07) is -0.108. The second-order valence-corrected chi connectivity index (χ2v) is 4.07. The molecule has 0 radical (unpaired) electrons. The van der Waals surface area contributed by atoms with E-state index in [1.165, 1.54) is 6.33 Å². The summed E-state index contributed by atoms with van der Waals surface area (Å²) in [6.07, 6.45) is 2.99. The van der Waals surface area contributed by atoms with Gasteiger partial charge in [0.05, 0.1) is 17.6 Å². The molecule has 2 rings (SSSR count). The van der Waals surface area contributed by atoms with E-state index in [-0.39, 0.29) is 30.0 Å². The Hall–Kier alpha value is -1.96. The van der Waals surface area contributed by atoms with Crippen molar-refractivity contribution in [1.82, 2.24) is 9.97 Å². The predicted molar refractivity (Wildman–Crippen MR) is 65.7 cm³/mol. The third-order valence-corrected chi connectivity index (χ3v) is 3.08. The van der Waals surface area contributed by atoms with Gasteiger partial charge in [-0.3, -0.25) is 10.1 Å². The Bertz CT molecular complexity index is 453. The van der Waals surface area contributed by atoms with E-state index >= 15 is 0 Å². The molecule has 0 saturated carbocycles. The smallest absolute Gasteiger partial charge is 0.353 e. The van der Waals surface area contributed by atoms with Crippen LogP contribution in [-0.4, -0.2) is 46.2 Å². The highest BCUT2D eigenvalue weighted by Gasteiger charge is 2.32. The van der Waals surface area contributed by atoms with Crippen LogP contribution in [0.5, 0.6) is 0 Å². The summed E-state index contributed by atoms with van der Waals surface area (Å²) >= 11 is 0. The first-order chi connectivity index (χ1) is 8.69. The van der Waals surface area contributed by atoms with E-state index in [2.05, 4.69) is 15.3 Å². The fourth-order valence-corrected chi connectivity index (χ4v) is 2.24. The standard InChI is InChI=1S/C10H15N5O3/c1-11-9-8(15(17)18)10(13-6-12-9)14-4-2-3-7(14)5-16/h6-7,16H,2-5H2,1H3,(H,11,12,13). The molecule has 8 nitrogen and oxygen atoms in total. The van der Waals surface area contributed by atoms with Gasteiger partial charge < -0.3 is 15.3 Å². The molecule has 1 aromatic rings. The molecule has 1 aromatic heterocycles. The molecule has 1 aliphatic rings. The zero-order chi connectivity index (χ0) is 13.1. The number of aliphatic hydroxyl groups excluding tert-OH is 1. The van der Waals surface area contributed by atoms with Crippen LogP contribution in [0, 0.1) is 10.1 Å². The number of aliphatic hydroxyl groups is 1. The molecule has 0 bridgehead atoms. The van der Waals surface area contributed by atoms with Crippen LogP contribution < -0.4 is 10.2 Å². The minimum Gasteiger partial charge on any atom is -0.394 e. The molecule has 1 atom stereocenters. The lowest BCUT2D eigenvalue weighted by atomic mass is 10.2. The molecule has 2 heterocycles. The molecule has 0 aliphatic carbocycles. The van der Waals surface area contributed by atoms with E-state index in [4.69, 9.17) is 0 Å². The van der Waals surface area contributed by atoms with Crippen LogP contribution in [0.3, 0.4) is 0 Å². The maximum Gasteiger partial charge on any atom is 0.353 e. The Labute approximate surface area is 104 Å². The first kappa shape index (κ1) is 12.5. The fourth-order valence-electron chi connectivity index (χ4n) is 2.24. The second kappa shape index (κ2) is 5.13. The normalized spacial score (nSPS) is 19.0. The molecule has 98 valence electrons. The molecule has 1 aliphatic heterocycles. The number of hydrogen-bond donors (Lipinski definition) is 2. The van der Waals surface area contributed by atoms with Crippen LogP contribution in [0.25, 0.3) is 0 Å². The lowest BCUT2D eigenvalue weighted by Gasteiger charge is -2.23. The van der Waals surface area contributed by atoms with Gasteiger partial charge in [0.2, 0.25) is 11.6 Å². The Morgan fingerprint density at radius 3 is 3.06 bits per heavy atom. The van der Waals surface area contributed by atoms with Gasteiger partial charge in [0.15, 0.2) is 0 Å². The third kappa shape index (κ3) is 2.06. The number of nitrogens with one attached hydrogen (secondary N) is 1. The fraction of sp³-hybridized carbons (Fsp3) is 0.600. The largest absolute Gasteiger partial charge is 0.394 e. The second-order valence-electron chi connectivity index (χ2n) is 4.07. The van der Waals surface area contributed by atoms with Crippen molar-refractivity contribution in [3.63, 3.8) is 0 Å². The van der Waals surface area contributed by atoms with E-state index in [9.17, 15) is 15.2 Å². The first-order valence-electron chi connectivity index (χ1n) is 5.73. The van der Waals surface area contributed by atoms with Gasteiger partial charge in [0.1, 0.15) is 6.33 Å². The summed E-state index contributed by atoms with van der Waals surface area (Å²) in [4.78, 5) is 20.3. The minimum absolute atomic E-state index is 0.0317. The summed E-state index contributed by atoms with van der Waals surface area (Å²) < 4.78 is 0. The highest BCUT2D eigenvalue weighted by atomic mass is 16.6. The average Bonchev–Trinajstić information content (AvgIpc) is 2.85. The van der Waals surface area contributed by atoms with Crippen molar-refractivity contribution in [1.29, 1.82) is 0 Å². The zero-order valence-electron chi connectivity index (χ0n) is 10.0. The maximum absolute atomic E-state index is 11.1. The van der Waals surface area contributed by atoms with Crippen LogP contribution in [0.1, 0.15) is 12.8 Å². The summed E-state index contributed by atoms with van der Waals surface area (Å²) in [7, 11) is 1.58. The van der Waals surface area contributed by atoms with E-state index in [0.29, 0.717) is 6.54 Å². The Balaban J connectivity index is 2.46. The summed E-state index contributed by atoms with van der Waals surface area (Å²) in [5.41, 5.74) is -0.139. The SMILES string of the molecule is CNc1ncnc(N2CCCC2CO)c1[N+](=O)[O-]. The Morgan fingerprint density at radius 1 is 1.67 bits per heavy atom. The highest BCUT2D eigenvalue weighted by molar-refractivity contribution is 5.70. The molecule has 0 aromatic carbocycles. The minimum atomic E-state index is -0.492. The van der Waals surface area contributed by atoms with Gasteiger partial charge >= 0.3 is 5.69 Å². The molecule has 0 spiro atoms. The van der Waals surface area contributed by atoms with Crippen LogP contribution in [0.4, 0.5) is 17.3 Å². The maximum atomic E-state index is 11.1. The molecule has 18 heavy (non-hydrogen) atoms. The Morgan fingerprint density at radius 2 is 2.44 bits per heavy atom. The molecular weight excluding hydrogens is 238 g/mol. The zero-order valence-corrected chi connectivity index (χ0v) is 10.0. The van der Waals surface area contributed by atoms with Crippen molar-refractivity contribution in [3.05, 3.63) is 16.4 Å². The molecule has 1 saturated heterocycles. The lowest BCUT2D eigenvalue weighted by molar-refractivity contribution is -0.383. The quantitative estimate of drug-likeness (QED) is 0.590. The molecule has 1 fully saturated rings. The van der Waals surface area contributed by atoms with Crippen LogP contribution in [0.15, 0.2) is 6.33 Å². The molecule has 1 unspecified atom stereocenters. The van der Waals surface area contributed by atoms with Gasteiger partial charge in [-0.15, -0.1) is 0 Å². The Kier molecular flexibility index (Phi) is 3.56. The van der Waals surface area contributed by atoms with Crippen LogP contribution >= 0.6 is 0 Å². The average molecular weight is 253 g/mol. The lowest BCUT2D eigenvalue weighted by Crippen LogP contribution is -2.33. The summed E-state index contributed by atoms with van der Waals surface area (Å²) in [5.74, 6) is 0.462. The number of aromatic nitrogens is 2. The molecule has 0 amide bonds. The van der Waals surface area contributed by atoms with E-state index < -0.39 is 4.92 Å². The number of nitrogens with zero attached hydrogens (tertiary/aromatic N) is 4. The van der Waals surface area contributed by atoms with Gasteiger partial charge in [0, 0.05) is 13.6 Å². The van der Waals surface area contributed by atoms with Crippen molar-refractivity contribution in [3.8, 4) is 0 Å². The van der Waals surface area contributed by atoms with E-state index in [0.717, 1.165) is 12.8 Å². The number of anilines is 2. The van der Waals surface area contributed by atoms with Crippen molar-refractivity contribution in [2.24, 2.45) is 0 Å². The number of nitro groups is 1. The number of hydrogen-bond acceptors (Lipinski definition) is 7. The van der Waals surface area contributed by atoms with Gasteiger partial charge in [-0.05, 0) is 12.8 Å². The van der Waals surface area contributed by atoms with Crippen LogP contribution in [-0.2, 0) is 0 Å². The summed E-state index contributed by atoms with van der Waals surface area (Å²) in [6.45, 7) is 0.627. The van der Waals surface area contributed by atoms with Crippen molar-refractivity contribution in [2.75, 3.05) is 30.4 Å². The van der Waals surface area contributed by atoms with Gasteiger partial charge in [0.25, 0.3) is 0 Å². The summed E-state index contributed by atoms with van der Waals surface area (Å²) in [5, 5.41) is 23.1. The molecule has 8 heteroatoms. The van der Waals surface area contributed by atoms with E-state index in [1.54, 1.807) is 11.9 Å². The number of rotatable bonds is 4. The topological polar surface area (TPSA) is 104 Å². The van der Waals surface area contributed by atoms with Gasteiger partial charge in [-0.25, -0.2) is 9.97 Å². The third-order valence-electron chi connectivity index (χ3n) is 3.08. The van der Waals surface area contributed by atoms with E-state index in [1.807, 2.05) is 0 Å². The highest BCUT2D eigenvalue weighted by Crippen LogP contribution is 2.35. The predicted octanol–water partition coefficient (Wildman–Crippen LogP) is 0.388. The van der Waals surface area contributed by atoms with Crippen LogP contribution in [0.2, 0.25) is 0 Å². The first-order valence-corrected chi connectivity index (χ1v) is 5.73. The molecular formula is C10H15N5O3. The van der Waals surface area contributed by atoms with Crippen molar-refractivity contribution >= 4 is 17.3 Å². The molecule has 2 N–H and O–H groups in total. The van der Waals surface area contributed by atoms with Crippen molar-refractivity contribution in [2.45, 2.75) is 18.9 Å².